The van der Waals surface area contributed by atoms with Crippen LogP contribution >= 0.6 is 0 Å². The third-order valence-corrected chi connectivity index (χ3v) is 3.72. The maximum absolute atomic E-state index is 5.64. The van der Waals surface area contributed by atoms with Crippen molar-refractivity contribution in [1.29, 1.82) is 0 Å². The molecule has 2 N–H and O–H groups in total. The van der Waals surface area contributed by atoms with Crippen LogP contribution in [-0.4, -0.2) is 10.1 Å². The molecule has 2 aromatic carbocycles. The highest BCUT2D eigenvalue weighted by Crippen LogP contribution is 2.25. The van der Waals surface area contributed by atoms with Gasteiger partial charge in [0.25, 0.3) is 5.89 Å². The molecule has 3 aromatic rings. The van der Waals surface area contributed by atoms with Crippen molar-refractivity contribution in [1.82, 2.24) is 10.1 Å². The summed E-state index contributed by atoms with van der Waals surface area (Å²) in [6, 6.07) is 15.4. The molecule has 3 rings (SSSR count). The lowest BCUT2D eigenvalue weighted by atomic mass is 9.87. The summed E-state index contributed by atoms with van der Waals surface area (Å²) < 4.78 is 10.9. The van der Waals surface area contributed by atoms with Gasteiger partial charge in [0.05, 0.1) is 0 Å². The number of hydrogen-bond acceptors (Lipinski definition) is 5. The summed E-state index contributed by atoms with van der Waals surface area (Å²) in [5, 5.41) is 4.02. The Bertz CT molecular complexity index is 800. The van der Waals surface area contributed by atoms with Gasteiger partial charge in [-0.1, -0.05) is 50.2 Å². The first-order chi connectivity index (χ1) is 11.4. The molecule has 0 radical (unpaired) electrons. The first-order valence-corrected chi connectivity index (χ1v) is 7.84. The van der Waals surface area contributed by atoms with Crippen molar-refractivity contribution in [3.05, 3.63) is 60.0 Å². The second-order valence-electron chi connectivity index (χ2n) is 6.70. The molecule has 0 saturated heterocycles. The number of benzene rings is 2. The fourth-order valence-corrected chi connectivity index (χ4v) is 2.26. The molecular formula is C19H21N3O2. The van der Waals surface area contributed by atoms with Crippen LogP contribution < -0.4 is 10.5 Å². The highest BCUT2D eigenvalue weighted by atomic mass is 16.5. The fraction of sp³-hybridized carbons (Fsp3) is 0.263. The van der Waals surface area contributed by atoms with E-state index >= 15 is 0 Å². The van der Waals surface area contributed by atoms with E-state index in [1.165, 1.54) is 5.56 Å². The molecule has 0 fully saturated rings. The van der Waals surface area contributed by atoms with Crippen LogP contribution in [0.1, 0.15) is 32.2 Å². The zero-order valence-electron chi connectivity index (χ0n) is 14.1. The molecule has 5 nitrogen and oxygen atoms in total. The minimum Gasteiger partial charge on any atom is -0.484 e. The molecular weight excluding hydrogens is 302 g/mol. The van der Waals surface area contributed by atoms with Gasteiger partial charge >= 0.3 is 0 Å². The number of nitrogens with zero attached hydrogens (tertiary/aromatic N) is 2. The van der Waals surface area contributed by atoms with Gasteiger partial charge in [-0.25, -0.2) is 0 Å². The summed E-state index contributed by atoms with van der Waals surface area (Å²) in [4.78, 5) is 4.38. The van der Waals surface area contributed by atoms with Gasteiger partial charge in [-0.05, 0) is 35.2 Å². The van der Waals surface area contributed by atoms with E-state index in [4.69, 9.17) is 15.0 Å². The first kappa shape index (κ1) is 16.1. The zero-order valence-corrected chi connectivity index (χ0v) is 14.1. The predicted molar refractivity (Wildman–Crippen MR) is 93.6 cm³/mol. The van der Waals surface area contributed by atoms with E-state index < -0.39 is 0 Å². The smallest absolute Gasteiger partial charge is 0.264 e. The van der Waals surface area contributed by atoms with E-state index in [1.807, 2.05) is 12.1 Å². The third kappa shape index (κ3) is 3.74. The van der Waals surface area contributed by atoms with Gasteiger partial charge in [-0.2, -0.15) is 4.98 Å². The molecule has 24 heavy (non-hydrogen) atoms. The number of rotatable bonds is 4. The number of nitrogens with two attached hydrogens (primary N) is 1. The van der Waals surface area contributed by atoms with Gasteiger partial charge in [0.15, 0.2) is 6.61 Å². The Balaban J connectivity index is 1.68. The molecule has 0 aliphatic carbocycles. The lowest BCUT2D eigenvalue weighted by Gasteiger charge is -2.18. The van der Waals surface area contributed by atoms with Gasteiger partial charge < -0.3 is 15.0 Å². The lowest BCUT2D eigenvalue weighted by molar-refractivity contribution is 0.243. The molecule has 0 amide bonds. The van der Waals surface area contributed by atoms with Crippen molar-refractivity contribution < 1.29 is 9.26 Å². The van der Waals surface area contributed by atoms with Crippen molar-refractivity contribution >= 4 is 5.69 Å². The topological polar surface area (TPSA) is 74.2 Å². The van der Waals surface area contributed by atoms with Crippen molar-refractivity contribution in [2.45, 2.75) is 32.8 Å². The summed E-state index contributed by atoms with van der Waals surface area (Å²) in [6.45, 7) is 6.77. The molecule has 5 heteroatoms. The second-order valence-corrected chi connectivity index (χ2v) is 6.70. The van der Waals surface area contributed by atoms with E-state index in [0.29, 0.717) is 23.2 Å². The molecule has 0 spiro atoms. The Morgan fingerprint density at radius 1 is 1.00 bits per heavy atom. The van der Waals surface area contributed by atoms with Gasteiger partial charge in [0.1, 0.15) is 5.75 Å². The van der Waals surface area contributed by atoms with E-state index in [-0.39, 0.29) is 12.0 Å². The van der Waals surface area contributed by atoms with Crippen molar-refractivity contribution in [3.8, 4) is 17.1 Å². The zero-order chi connectivity index (χ0) is 17.2. The molecule has 0 atom stereocenters. The maximum Gasteiger partial charge on any atom is 0.264 e. The van der Waals surface area contributed by atoms with Crippen LogP contribution in [-0.2, 0) is 12.0 Å². The standard InChI is InChI=1S/C19H21N3O2/c1-19(2,3)14-6-4-13(5-7-14)18-21-17(24-22-18)12-23-16-10-8-15(20)9-11-16/h4-11H,12,20H2,1-3H3. The summed E-state index contributed by atoms with van der Waals surface area (Å²) in [7, 11) is 0. The van der Waals surface area contributed by atoms with Crippen LogP contribution in [0, 0.1) is 0 Å². The lowest BCUT2D eigenvalue weighted by Crippen LogP contribution is -2.10. The molecule has 0 bridgehead atoms. The number of anilines is 1. The van der Waals surface area contributed by atoms with Crippen molar-refractivity contribution in [2.24, 2.45) is 0 Å². The summed E-state index contributed by atoms with van der Waals surface area (Å²) >= 11 is 0. The molecule has 0 saturated carbocycles. The molecule has 0 aliphatic rings. The highest BCUT2D eigenvalue weighted by molar-refractivity contribution is 5.55. The van der Waals surface area contributed by atoms with Crippen LogP contribution in [0.2, 0.25) is 0 Å². The average molecular weight is 323 g/mol. The summed E-state index contributed by atoms with van der Waals surface area (Å²) in [5.74, 6) is 1.70. The summed E-state index contributed by atoms with van der Waals surface area (Å²) in [5.41, 5.74) is 8.64. The molecule has 0 unspecified atom stereocenters. The Kier molecular flexibility index (Phi) is 4.25. The monoisotopic (exact) mass is 323 g/mol. The van der Waals surface area contributed by atoms with Crippen LogP contribution in [0.25, 0.3) is 11.4 Å². The Morgan fingerprint density at radius 3 is 2.29 bits per heavy atom. The Labute approximate surface area is 141 Å². The third-order valence-electron chi connectivity index (χ3n) is 3.72. The molecule has 1 aromatic heterocycles. The maximum atomic E-state index is 5.64. The number of nitrogen functional groups attached to an aromatic ring is 1. The van der Waals surface area contributed by atoms with Gasteiger partial charge in [0, 0.05) is 11.3 Å². The van der Waals surface area contributed by atoms with Crippen LogP contribution in [0.4, 0.5) is 5.69 Å². The van der Waals surface area contributed by atoms with Gasteiger partial charge in [-0.15, -0.1) is 0 Å². The van der Waals surface area contributed by atoms with Gasteiger partial charge in [0.2, 0.25) is 5.82 Å². The Hall–Kier alpha value is -2.82. The highest BCUT2D eigenvalue weighted by Gasteiger charge is 2.14. The number of hydrogen-bond donors (Lipinski definition) is 1. The van der Waals surface area contributed by atoms with Crippen molar-refractivity contribution in [3.63, 3.8) is 0 Å². The SMILES string of the molecule is CC(C)(C)c1ccc(-c2noc(COc3ccc(N)cc3)n2)cc1. The van der Waals surface area contributed by atoms with E-state index in [1.54, 1.807) is 24.3 Å². The fourth-order valence-electron chi connectivity index (χ4n) is 2.26. The predicted octanol–water partition coefficient (Wildman–Crippen LogP) is 4.20. The number of aromatic nitrogens is 2. The average Bonchev–Trinajstić information content (AvgIpc) is 3.03. The largest absolute Gasteiger partial charge is 0.484 e. The van der Waals surface area contributed by atoms with E-state index in [2.05, 4.69) is 43.0 Å². The molecule has 0 aliphatic heterocycles. The minimum atomic E-state index is 0.119. The van der Waals surface area contributed by atoms with Crippen LogP contribution in [0.15, 0.2) is 53.1 Å². The second kappa shape index (κ2) is 6.35. The number of ether oxygens (including phenoxy) is 1. The van der Waals surface area contributed by atoms with Gasteiger partial charge in [-0.3, -0.25) is 0 Å². The first-order valence-electron chi connectivity index (χ1n) is 7.84. The van der Waals surface area contributed by atoms with E-state index in [0.717, 1.165) is 5.56 Å². The van der Waals surface area contributed by atoms with E-state index in [9.17, 15) is 0 Å². The quantitative estimate of drug-likeness (QED) is 0.729. The molecule has 124 valence electrons. The minimum absolute atomic E-state index is 0.119. The van der Waals surface area contributed by atoms with Crippen LogP contribution in [0.5, 0.6) is 5.75 Å². The summed E-state index contributed by atoms with van der Waals surface area (Å²) in [6.07, 6.45) is 0. The molecule has 1 heterocycles. The van der Waals surface area contributed by atoms with Crippen LogP contribution in [0.3, 0.4) is 0 Å². The van der Waals surface area contributed by atoms with Crippen molar-refractivity contribution in [2.75, 3.05) is 5.73 Å². The normalized spacial score (nSPS) is 11.5. The Morgan fingerprint density at radius 2 is 1.67 bits per heavy atom.